The molecule has 0 radical (unpaired) electrons. The van der Waals surface area contributed by atoms with Crippen LogP contribution in [0.25, 0.3) is 15.0 Å². The van der Waals surface area contributed by atoms with E-state index >= 15 is 0 Å². The van der Waals surface area contributed by atoms with Gasteiger partial charge in [0, 0.05) is 5.92 Å². The molecule has 0 N–H and O–H groups in total. The molecule has 0 aliphatic carbocycles. The zero-order chi connectivity index (χ0) is 13.5. The highest BCUT2D eigenvalue weighted by molar-refractivity contribution is 4.60. The van der Waals surface area contributed by atoms with Crippen LogP contribution in [0.3, 0.4) is 0 Å². The maximum absolute atomic E-state index is 6.59. The van der Waals surface area contributed by atoms with Crippen molar-refractivity contribution >= 4 is 0 Å². The van der Waals surface area contributed by atoms with Crippen LogP contribution in [-0.2, 0) is 14.5 Å². The van der Waals surface area contributed by atoms with Gasteiger partial charge in [0.2, 0.25) is 0 Å². The van der Waals surface area contributed by atoms with Crippen molar-refractivity contribution in [3.05, 3.63) is 34.7 Å². The van der Waals surface area contributed by atoms with Gasteiger partial charge in [-0.15, -0.1) is 0 Å². The third kappa shape index (κ3) is 10.4. The number of hydrogen-bond acceptors (Lipinski definition) is 3. The van der Waals surface area contributed by atoms with E-state index in [1.807, 2.05) is 0 Å². The van der Waals surface area contributed by atoms with E-state index in [-0.39, 0.29) is 0 Å². The van der Waals surface area contributed by atoms with Crippen molar-refractivity contribution in [3.63, 3.8) is 0 Å². The summed E-state index contributed by atoms with van der Waals surface area (Å²) in [7, 11) is 0. The van der Waals surface area contributed by atoms with Gasteiger partial charge in [-0.05, 0) is 47.1 Å². The lowest BCUT2D eigenvalue weighted by Crippen LogP contribution is -2.09. The summed E-state index contributed by atoms with van der Waals surface area (Å²) < 4.78 is 0. The summed E-state index contributed by atoms with van der Waals surface area (Å²) in [6, 6.07) is 0. The quantitative estimate of drug-likeness (QED) is 0.322. The minimum Gasteiger partial charge on any atom is -0.199 e. The molecule has 0 spiro atoms. The lowest BCUT2D eigenvalue weighted by molar-refractivity contribution is 0.157. The highest BCUT2D eigenvalue weighted by atomic mass is 16.6. The van der Waals surface area contributed by atoms with E-state index < -0.39 is 0 Å². The fraction of sp³-hybridized carbons (Fsp3) is 0.750. The number of rotatable bonds is 11. The fourth-order valence-electron chi connectivity index (χ4n) is 1.58. The number of nitrogens with zero attached hydrogens (tertiary/aromatic N) is 3. The minimum atomic E-state index is 0.293. The third-order valence-electron chi connectivity index (χ3n) is 2.45. The van der Waals surface area contributed by atoms with Crippen LogP contribution in [0.15, 0.2) is 0 Å². The van der Waals surface area contributed by atoms with Crippen LogP contribution < -0.4 is 0 Å². The Kier molecular flexibility index (Phi) is 11.4. The molecular weight excluding hydrogens is 234 g/mol. The molecular formula is C12H17N3O3. The van der Waals surface area contributed by atoms with Gasteiger partial charge in [0.25, 0.3) is 0 Å². The maximum atomic E-state index is 6.59. The van der Waals surface area contributed by atoms with Gasteiger partial charge < -0.3 is 0 Å². The van der Waals surface area contributed by atoms with Crippen molar-refractivity contribution in [2.45, 2.75) is 32.1 Å². The standard InChI is InChI=1S/C12H17N3O3/c1-13-16-9-5-4-7-12(11-18-15-3)8-6-10-17-14-2/h12H,4-11H2. The van der Waals surface area contributed by atoms with Crippen LogP contribution in [-0.4, -0.2) is 19.8 Å². The predicted octanol–water partition coefficient (Wildman–Crippen LogP) is 3.11. The lowest BCUT2D eigenvalue weighted by atomic mass is 9.98. The molecule has 0 rings (SSSR count). The van der Waals surface area contributed by atoms with Crippen molar-refractivity contribution in [2.24, 2.45) is 5.92 Å². The lowest BCUT2D eigenvalue weighted by Gasteiger charge is -2.11. The first-order valence-electron chi connectivity index (χ1n) is 5.81. The topological polar surface area (TPSA) is 40.8 Å². The second-order valence-corrected chi connectivity index (χ2v) is 3.74. The molecule has 18 heavy (non-hydrogen) atoms. The molecule has 6 heteroatoms. The predicted molar refractivity (Wildman–Crippen MR) is 64.2 cm³/mol. The molecule has 0 aliphatic heterocycles. The molecule has 1 unspecified atom stereocenters. The zero-order valence-electron chi connectivity index (χ0n) is 10.3. The van der Waals surface area contributed by atoms with Crippen molar-refractivity contribution in [3.8, 4) is 0 Å². The molecule has 0 saturated heterocycles. The highest BCUT2D eigenvalue weighted by Gasteiger charge is 2.12. The Morgan fingerprint density at radius 3 is 1.89 bits per heavy atom. The summed E-state index contributed by atoms with van der Waals surface area (Å²) in [5, 5.41) is 8.51. The molecule has 0 bridgehead atoms. The van der Waals surface area contributed by atoms with E-state index in [1.54, 1.807) is 0 Å². The molecule has 0 heterocycles. The van der Waals surface area contributed by atoms with E-state index in [9.17, 15) is 0 Å². The highest BCUT2D eigenvalue weighted by Crippen LogP contribution is 2.16. The summed E-state index contributed by atoms with van der Waals surface area (Å²) in [5.41, 5.74) is 0. The second-order valence-electron chi connectivity index (χ2n) is 3.74. The largest absolute Gasteiger partial charge is 0.199 e. The summed E-state index contributed by atoms with van der Waals surface area (Å²) in [4.78, 5) is 13.9. The second kappa shape index (κ2) is 12.9. The van der Waals surface area contributed by atoms with Gasteiger partial charge in [-0.2, -0.15) is 34.2 Å². The van der Waals surface area contributed by atoms with Crippen molar-refractivity contribution in [1.82, 2.24) is 0 Å². The summed E-state index contributed by atoms with van der Waals surface area (Å²) in [6.45, 7) is 20.8. The van der Waals surface area contributed by atoms with Crippen LogP contribution in [0.5, 0.6) is 0 Å². The van der Waals surface area contributed by atoms with Gasteiger partial charge in [-0.3, -0.25) is 0 Å². The number of unbranched alkanes of at least 4 members (excludes halogenated alkanes) is 1. The van der Waals surface area contributed by atoms with Crippen molar-refractivity contribution < 1.29 is 14.5 Å². The molecule has 6 nitrogen and oxygen atoms in total. The van der Waals surface area contributed by atoms with Gasteiger partial charge >= 0.3 is 0 Å². The molecule has 98 valence electrons. The molecule has 1 atom stereocenters. The first-order chi connectivity index (χ1) is 8.85. The molecule has 0 aromatic heterocycles. The van der Waals surface area contributed by atoms with Crippen molar-refractivity contribution in [2.75, 3.05) is 19.8 Å². The van der Waals surface area contributed by atoms with Gasteiger partial charge in [-0.25, -0.2) is 0 Å². The average Bonchev–Trinajstić information content (AvgIpc) is 2.39. The van der Waals surface area contributed by atoms with Gasteiger partial charge in [0.1, 0.15) is 0 Å². The summed E-state index contributed by atoms with van der Waals surface area (Å²) >= 11 is 0. The van der Waals surface area contributed by atoms with E-state index in [2.05, 4.69) is 24.7 Å². The fourth-order valence-corrected chi connectivity index (χ4v) is 1.58. The Morgan fingerprint density at radius 2 is 1.28 bits per heavy atom. The van der Waals surface area contributed by atoms with Crippen LogP contribution in [0.2, 0.25) is 0 Å². The smallest absolute Gasteiger partial charge is 0.177 e. The van der Waals surface area contributed by atoms with Crippen LogP contribution in [0.4, 0.5) is 0 Å². The summed E-state index contributed by atoms with van der Waals surface area (Å²) in [6.07, 6.45) is 4.34. The van der Waals surface area contributed by atoms with E-state index in [0.717, 1.165) is 32.1 Å². The molecule has 0 saturated carbocycles. The zero-order valence-corrected chi connectivity index (χ0v) is 10.3. The molecule has 0 aromatic carbocycles. The molecule has 0 fully saturated rings. The Hall–Kier alpha value is -2.13. The van der Waals surface area contributed by atoms with Gasteiger partial charge in [0.05, 0.1) is 0 Å². The third-order valence-corrected chi connectivity index (χ3v) is 2.45. The monoisotopic (exact) mass is 251 g/mol. The first kappa shape index (κ1) is 15.9. The molecule has 0 aromatic rings. The van der Waals surface area contributed by atoms with E-state index in [1.165, 1.54) is 0 Å². The number of hydrogen-bond donors (Lipinski definition) is 0. The van der Waals surface area contributed by atoms with E-state index in [4.69, 9.17) is 24.6 Å². The Labute approximate surface area is 108 Å². The normalized spacial score (nSPS) is 10.5. The average molecular weight is 251 g/mol. The minimum absolute atomic E-state index is 0.293. The van der Waals surface area contributed by atoms with E-state index in [0.29, 0.717) is 25.7 Å². The molecule has 0 aliphatic rings. The summed E-state index contributed by atoms with van der Waals surface area (Å²) in [5.74, 6) is 0.293. The first-order valence-corrected chi connectivity index (χ1v) is 5.81. The van der Waals surface area contributed by atoms with Crippen LogP contribution in [0, 0.1) is 25.6 Å². The van der Waals surface area contributed by atoms with Crippen LogP contribution in [0.1, 0.15) is 32.1 Å². The van der Waals surface area contributed by atoms with Crippen LogP contribution >= 0.6 is 0 Å². The van der Waals surface area contributed by atoms with Crippen molar-refractivity contribution in [1.29, 1.82) is 0 Å². The molecule has 0 amide bonds. The van der Waals surface area contributed by atoms with Gasteiger partial charge in [-0.1, -0.05) is 0 Å². The Morgan fingerprint density at radius 1 is 0.722 bits per heavy atom. The Bertz CT molecular complexity index is 314. The maximum Gasteiger partial charge on any atom is 0.177 e. The Balaban J connectivity index is 3.68. The van der Waals surface area contributed by atoms with Gasteiger partial charge in [0.15, 0.2) is 19.8 Å². The SMILES string of the molecule is [C-]#[N+]OCCCCC(CCCO[N+]#[C-])CO[N+]#[C-].